The van der Waals surface area contributed by atoms with E-state index in [4.69, 9.17) is 0 Å². The summed E-state index contributed by atoms with van der Waals surface area (Å²) in [6.45, 7) is 9.36. The van der Waals surface area contributed by atoms with Gasteiger partial charge in [0.15, 0.2) is 0 Å². The van der Waals surface area contributed by atoms with Crippen LogP contribution in [0.25, 0.3) is 0 Å². The molecule has 17 heavy (non-hydrogen) atoms. The minimum Gasteiger partial charge on any atom is -0.354 e. The van der Waals surface area contributed by atoms with Crippen molar-refractivity contribution in [3.63, 3.8) is 0 Å². The predicted octanol–water partition coefficient (Wildman–Crippen LogP) is 0.407. The quantitative estimate of drug-likeness (QED) is 0.567. The number of rotatable bonds is 7. The molecule has 0 aromatic rings. The lowest BCUT2D eigenvalue weighted by molar-refractivity contribution is -0.122. The van der Waals surface area contributed by atoms with Crippen LogP contribution in [0.3, 0.4) is 0 Å². The number of nitrogens with one attached hydrogen (secondary N) is 3. The molecule has 0 spiro atoms. The van der Waals surface area contributed by atoms with E-state index in [1.165, 1.54) is 0 Å². The van der Waals surface area contributed by atoms with E-state index in [9.17, 15) is 9.59 Å². The molecule has 0 bridgehead atoms. The maximum atomic E-state index is 11.4. The second-order valence-corrected chi connectivity index (χ2v) is 5.07. The molecule has 0 fully saturated rings. The van der Waals surface area contributed by atoms with Crippen LogP contribution in [0.2, 0.25) is 0 Å². The highest BCUT2D eigenvalue weighted by Gasteiger charge is 2.13. The predicted molar refractivity (Wildman–Crippen MR) is 68.7 cm³/mol. The first-order chi connectivity index (χ1) is 7.85. The lowest BCUT2D eigenvalue weighted by Crippen LogP contribution is -2.42. The first-order valence-corrected chi connectivity index (χ1v) is 6.13. The fraction of sp³-hybridized carbons (Fsp3) is 0.833. The fourth-order valence-electron chi connectivity index (χ4n) is 1.24. The molecule has 0 radical (unpaired) electrons. The standard InChI is InChI=1S/C12H25N3O2/c1-5-7-13-9-11(17)14-8-6-10(16)15-12(2,3)4/h13H,5-9H2,1-4H3,(H,14,17)(H,15,16). The molecule has 0 rings (SSSR count). The summed E-state index contributed by atoms with van der Waals surface area (Å²) in [4.78, 5) is 22.7. The highest BCUT2D eigenvalue weighted by atomic mass is 16.2. The zero-order valence-electron chi connectivity index (χ0n) is 11.4. The van der Waals surface area contributed by atoms with Gasteiger partial charge in [-0.2, -0.15) is 0 Å². The molecule has 0 saturated carbocycles. The highest BCUT2D eigenvalue weighted by molar-refractivity contribution is 5.80. The van der Waals surface area contributed by atoms with Crippen molar-refractivity contribution in [3.05, 3.63) is 0 Å². The van der Waals surface area contributed by atoms with Crippen molar-refractivity contribution in [2.75, 3.05) is 19.6 Å². The second kappa shape index (κ2) is 8.06. The van der Waals surface area contributed by atoms with Crippen LogP contribution in [0.5, 0.6) is 0 Å². The Kier molecular flexibility index (Phi) is 7.54. The molecule has 0 aliphatic rings. The van der Waals surface area contributed by atoms with Crippen LogP contribution in [-0.2, 0) is 9.59 Å². The van der Waals surface area contributed by atoms with Crippen LogP contribution in [0, 0.1) is 0 Å². The van der Waals surface area contributed by atoms with E-state index in [1.54, 1.807) is 0 Å². The van der Waals surface area contributed by atoms with E-state index < -0.39 is 0 Å². The first-order valence-electron chi connectivity index (χ1n) is 6.13. The van der Waals surface area contributed by atoms with Gasteiger partial charge < -0.3 is 16.0 Å². The number of hydrogen-bond donors (Lipinski definition) is 3. The Morgan fingerprint density at radius 1 is 1.06 bits per heavy atom. The fourth-order valence-corrected chi connectivity index (χ4v) is 1.24. The molecule has 5 nitrogen and oxygen atoms in total. The Morgan fingerprint density at radius 2 is 1.71 bits per heavy atom. The van der Waals surface area contributed by atoms with Gasteiger partial charge in [0.1, 0.15) is 0 Å². The molecule has 0 saturated heterocycles. The van der Waals surface area contributed by atoms with E-state index in [0.717, 1.165) is 13.0 Å². The molecule has 0 aliphatic carbocycles. The average Bonchev–Trinajstić information content (AvgIpc) is 2.15. The van der Waals surface area contributed by atoms with E-state index in [0.29, 0.717) is 19.5 Å². The minimum atomic E-state index is -0.218. The molecule has 3 N–H and O–H groups in total. The number of carbonyl (C=O) groups is 2. The van der Waals surface area contributed by atoms with Gasteiger partial charge in [0.2, 0.25) is 11.8 Å². The molecular weight excluding hydrogens is 218 g/mol. The van der Waals surface area contributed by atoms with Crippen molar-refractivity contribution >= 4 is 11.8 Å². The highest BCUT2D eigenvalue weighted by Crippen LogP contribution is 1.98. The Morgan fingerprint density at radius 3 is 2.24 bits per heavy atom. The molecule has 0 aromatic heterocycles. The third-order valence-corrected chi connectivity index (χ3v) is 1.90. The number of carbonyl (C=O) groups excluding carboxylic acids is 2. The van der Waals surface area contributed by atoms with Crippen LogP contribution in [-0.4, -0.2) is 37.0 Å². The van der Waals surface area contributed by atoms with Crippen LogP contribution < -0.4 is 16.0 Å². The molecule has 0 heterocycles. The Hall–Kier alpha value is -1.10. The molecule has 0 unspecified atom stereocenters. The van der Waals surface area contributed by atoms with Gasteiger partial charge in [0.05, 0.1) is 6.54 Å². The van der Waals surface area contributed by atoms with Crippen molar-refractivity contribution in [1.82, 2.24) is 16.0 Å². The molecule has 100 valence electrons. The van der Waals surface area contributed by atoms with Gasteiger partial charge in [0, 0.05) is 18.5 Å². The van der Waals surface area contributed by atoms with Gasteiger partial charge in [-0.05, 0) is 33.7 Å². The summed E-state index contributed by atoms with van der Waals surface area (Å²) in [5.74, 6) is -0.110. The van der Waals surface area contributed by atoms with Crippen LogP contribution in [0.4, 0.5) is 0 Å². The molecule has 2 amide bonds. The third kappa shape index (κ3) is 11.2. The maximum absolute atomic E-state index is 11.4. The largest absolute Gasteiger partial charge is 0.354 e. The topological polar surface area (TPSA) is 70.2 Å². The van der Waals surface area contributed by atoms with Gasteiger partial charge in [-0.25, -0.2) is 0 Å². The summed E-state index contributed by atoms with van der Waals surface area (Å²) < 4.78 is 0. The summed E-state index contributed by atoms with van der Waals surface area (Å²) in [6.07, 6.45) is 1.32. The van der Waals surface area contributed by atoms with Gasteiger partial charge >= 0.3 is 0 Å². The third-order valence-electron chi connectivity index (χ3n) is 1.90. The smallest absolute Gasteiger partial charge is 0.233 e. The minimum absolute atomic E-state index is 0.0423. The van der Waals surface area contributed by atoms with E-state index in [2.05, 4.69) is 16.0 Å². The van der Waals surface area contributed by atoms with Crippen molar-refractivity contribution < 1.29 is 9.59 Å². The van der Waals surface area contributed by atoms with Crippen molar-refractivity contribution in [2.24, 2.45) is 0 Å². The summed E-state index contributed by atoms with van der Waals surface area (Å²) in [6, 6.07) is 0. The summed E-state index contributed by atoms with van der Waals surface area (Å²) >= 11 is 0. The SMILES string of the molecule is CCCNCC(=O)NCCC(=O)NC(C)(C)C. The zero-order valence-corrected chi connectivity index (χ0v) is 11.4. The molecule has 0 aliphatic heterocycles. The van der Waals surface area contributed by atoms with Crippen molar-refractivity contribution in [2.45, 2.75) is 46.1 Å². The average molecular weight is 243 g/mol. The van der Waals surface area contributed by atoms with Gasteiger partial charge in [-0.3, -0.25) is 9.59 Å². The molecule has 0 atom stereocenters. The van der Waals surface area contributed by atoms with Gasteiger partial charge in [-0.1, -0.05) is 6.92 Å². The van der Waals surface area contributed by atoms with Gasteiger partial charge in [-0.15, -0.1) is 0 Å². The zero-order chi connectivity index (χ0) is 13.3. The lowest BCUT2D eigenvalue weighted by atomic mass is 10.1. The van der Waals surface area contributed by atoms with E-state index >= 15 is 0 Å². The number of hydrogen-bond acceptors (Lipinski definition) is 3. The summed E-state index contributed by atoms with van der Waals surface area (Å²) in [5, 5.41) is 8.53. The van der Waals surface area contributed by atoms with Crippen LogP contribution in [0.15, 0.2) is 0 Å². The monoisotopic (exact) mass is 243 g/mol. The van der Waals surface area contributed by atoms with E-state index in [1.807, 2.05) is 27.7 Å². The van der Waals surface area contributed by atoms with Crippen LogP contribution in [0.1, 0.15) is 40.5 Å². The van der Waals surface area contributed by atoms with Crippen molar-refractivity contribution in [3.8, 4) is 0 Å². The normalized spacial score (nSPS) is 11.1. The lowest BCUT2D eigenvalue weighted by Gasteiger charge is -2.20. The molecule has 0 aromatic carbocycles. The van der Waals surface area contributed by atoms with E-state index in [-0.39, 0.29) is 17.4 Å². The van der Waals surface area contributed by atoms with Gasteiger partial charge in [0.25, 0.3) is 0 Å². The molecule has 5 heteroatoms. The summed E-state index contributed by atoms with van der Waals surface area (Å²) in [5.41, 5.74) is -0.218. The second-order valence-electron chi connectivity index (χ2n) is 5.07. The maximum Gasteiger partial charge on any atom is 0.233 e. The Bertz CT molecular complexity index is 247. The Balaban J connectivity index is 3.56. The summed E-state index contributed by atoms with van der Waals surface area (Å²) in [7, 11) is 0. The van der Waals surface area contributed by atoms with Crippen LogP contribution >= 0.6 is 0 Å². The number of amides is 2. The van der Waals surface area contributed by atoms with Crippen molar-refractivity contribution in [1.29, 1.82) is 0 Å². The Labute approximate surface area is 104 Å². The first kappa shape index (κ1) is 15.9. The molecular formula is C12H25N3O2.